The van der Waals surface area contributed by atoms with Crippen molar-refractivity contribution in [2.45, 2.75) is 6.18 Å². The van der Waals surface area contributed by atoms with Crippen LogP contribution in [0.5, 0.6) is 5.75 Å². The third-order valence-corrected chi connectivity index (χ3v) is 1.58. The summed E-state index contributed by atoms with van der Waals surface area (Å²) in [5.74, 6) is 3.60. The minimum atomic E-state index is -4.50. The largest absolute Gasteiger partial charge is 0.507 e. The van der Waals surface area contributed by atoms with Crippen molar-refractivity contribution in [2.75, 3.05) is 0 Å². The van der Waals surface area contributed by atoms with Crippen molar-refractivity contribution in [1.82, 2.24) is 0 Å². The average molecular weight is 211 g/mol. The highest BCUT2D eigenvalue weighted by molar-refractivity contribution is 5.49. The summed E-state index contributed by atoms with van der Waals surface area (Å²) in [5.41, 5.74) is -0.966. The first kappa shape index (κ1) is 10.9. The van der Waals surface area contributed by atoms with Crippen LogP contribution < -0.4 is 0 Å². The summed E-state index contributed by atoms with van der Waals surface area (Å²) in [5, 5.41) is 17.3. The van der Waals surface area contributed by atoms with Crippen molar-refractivity contribution in [3.63, 3.8) is 0 Å². The fraction of sp³-hybridized carbons (Fsp3) is 0.100. The van der Waals surface area contributed by atoms with Crippen molar-refractivity contribution in [3.05, 3.63) is 29.3 Å². The number of benzene rings is 1. The van der Waals surface area contributed by atoms with E-state index in [4.69, 9.17) is 10.4 Å². The van der Waals surface area contributed by atoms with Gasteiger partial charge in [0.15, 0.2) is 6.07 Å². The van der Waals surface area contributed by atoms with Gasteiger partial charge in [-0.15, -0.1) is 0 Å². The monoisotopic (exact) mass is 211 g/mol. The van der Waals surface area contributed by atoms with E-state index in [0.29, 0.717) is 6.07 Å². The standard InChI is InChI=1S/C10H4F3NO/c11-10(12,13)8-4-3-7(2-1-5-14)9(15)6-8/h3-4,6,15H. The predicted octanol–water partition coefficient (Wildman–Crippen LogP) is 2.29. The molecule has 0 bridgehead atoms. The zero-order valence-corrected chi connectivity index (χ0v) is 7.26. The van der Waals surface area contributed by atoms with Gasteiger partial charge in [-0.3, -0.25) is 0 Å². The number of nitrogens with zero attached hydrogens (tertiary/aromatic N) is 1. The van der Waals surface area contributed by atoms with E-state index in [1.54, 1.807) is 0 Å². The van der Waals surface area contributed by atoms with Gasteiger partial charge < -0.3 is 5.11 Å². The lowest BCUT2D eigenvalue weighted by Gasteiger charge is -2.06. The van der Waals surface area contributed by atoms with Crippen LogP contribution >= 0.6 is 0 Å². The Kier molecular flexibility index (Phi) is 2.87. The molecule has 0 aliphatic carbocycles. The number of phenolic OH excluding ortho intramolecular Hbond substituents is 1. The lowest BCUT2D eigenvalue weighted by Crippen LogP contribution is -2.04. The average Bonchev–Trinajstić information content (AvgIpc) is 2.14. The van der Waals surface area contributed by atoms with E-state index in [2.05, 4.69) is 5.92 Å². The molecule has 0 saturated carbocycles. The van der Waals surface area contributed by atoms with Gasteiger partial charge in [0.25, 0.3) is 0 Å². The third kappa shape index (κ3) is 2.65. The molecular formula is C10H4F3NO. The first-order chi connectivity index (χ1) is 6.95. The van der Waals surface area contributed by atoms with Gasteiger partial charge in [0.1, 0.15) is 5.75 Å². The number of nitriles is 1. The number of hydrogen-bond acceptors (Lipinski definition) is 2. The van der Waals surface area contributed by atoms with Crippen LogP contribution in [0.25, 0.3) is 0 Å². The molecule has 0 heterocycles. The van der Waals surface area contributed by atoms with Gasteiger partial charge >= 0.3 is 6.18 Å². The Morgan fingerprint density at radius 2 is 1.93 bits per heavy atom. The Hall–Kier alpha value is -2.14. The molecule has 15 heavy (non-hydrogen) atoms. The molecule has 0 aromatic heterocycles. The molecule has 76 valence electrons. The summed E-state index contributed by atoms with van der Waals surface area (Å²) in [6, 6.07) is 3.87. The molecule has 0 saturated heterocycles. The van der Waals surface area contributed by atoms with Crippen molar-refractivity contribution in [1.29, 1.82) is 5.26 Å². The molecule has 1 aromatic carbocycles. The second-order valence-electron chi connectivity index (χ2n) is 2.59. The molecule has 1 rings (SSSR count). The zero-order chi connectivity index (χ0) is 11.5. The van der Waals surface area contributed by atoms with E-state index in [0.717, 1.165) is 12.1 Å². The topological polar surface area (TPSA) is 44.0 Å². The number of halogens is 3. The Morgan fingerprint density at radius 3 is 2.40 bits per heavy atom. The van der Waals surface area contributed by atoms with Crippen LogP contribution in [-0.2, 0) is 6.18 Å². The van der Waals surface area contributed by atoms with Gasteiger partial charge in [0.05, 0.1) is 11.1 Å². The fourth-order valence-corrected chi connectivity index (χ4v) is 0.909. The number of aromatic hydroxyl groups is 1. The molecule has 1 aromatic rings. The van der Waals surface area contributed by atoms with Crippen molar-refractivity contribution >= 4 is 0 Å². The van der Waals surface area contributed by atoms with Gasteiger partial charge in [0.2, 0.25) is 0 Å². The van der Waals surface area contributed by atoms with E-state index < -0.39 is 17.5 Å². The Morgan fingerprint density at radius 1 is 1.27 bits per heavy atom. The molecule has 0 spiro atoms. The Labute approximate surface area is 83.6 Å². The second-order valence-corrected chi connectivity index (χ2v) is 2.59. The smallest absolute Gasteiger partial charge is 0.416 e. The van der Waals surface area contributed by atoms with E-state index in [9.17, 15) is 13.2 Å². The SMILES string of the molecule is N#CC#Cc1ccc(C(F)(F)F)cc1O. The van der Waals surface area contributed by atoms with Crippen LogP contribution in [0, 0.1) is 23.2 Å². The number of phenols is 1. The van der Waals surface area contributed by atoms with Crippen molar-refractivity contribution in [2.24, 2.45) is 0 Å². The molecule has 0 radical (unpaired) electrons. The maximum Gasteiger partial charge on any atom is 0.416 e. The molecule has 0 unspecified atom stereocenters. The summed E-state index contributed by atoms with van der Waals surface area (Å²) in [6.07, 6.45) is -4.50. The van der Waals surface area contributed by atoms with Crippen molar-refractivity contribution in [3.8, 4) is 23.7 Å². The zero-order valence-electron chi connectivity index (χ0n) is 7.26. The van der Waals surface area contributed by atoms with E-state index in [-0.39, 0.29) is 5.56 Å². The highest BCUT2D eigenvalue weighted by atomic mass is 19.4. The Bertz CT molecular complexity index is 474. The number of alkyl halides is 3. The van der Waals surface area contributed by atoms with Gasteiger partial charge in [0, 0.05) is 5.92 Å². The van der Waals surface area contributed by atoms with Gasteiger partial charge in [-0.05, 0) is 24.1 Å². The highest BCUT2D eigenvalue weighted by Crippen LogP contribution is 2.32. The van der Waals surface area contributed by atoms with Crippen LogP contribution in [0.3, 0.4) is 0 Å². The van der Waals surface area contributed by atoms with E-state index in [1.165, 1.54) is 6.07 Å². The Balaban J connectivity index is 3.16. The summed E-state index contributed by atoms with van der Waals surface area (Å²) in [7, 11) is 0. The molecule has 2 nitrogen and oxygen atoms in total. The summed E-state index contributed by atoms with van der Waals surface area (Å²) in [6.45, 7) is 0. The van der Waals surface area contributed by atoms with Crippen LogP contribution in [0.15, 0.2) is 18.2 Å². The summed E-state index contributed by atoms with van der Waals surface area (Å²) >= 11 is 0. The second kappa shape index (κ2) is 3.93. The van der Waals surface area contributed by atoms with Crippen molar-refractivity contribution < 1.29 is 18.3 Å². The van der Waals surface area contributed by atoms with Crippen LogP contribution in [0.4, 0.5) is 13.2 Å². The molecule has 0 fully saturated rings. The molecule has 1 N–H and O–H groups in total. The van der Waals surface area contributed by atoms with Crippen LogP contribution in [0.1, 0.15) is 11.1 Å². The minimum absolute atomic E-state index is 0.00968. The molecule has 0 aliphatic rings. The molecule has 0 atom stereocenters. The first-order valence-electron chi connectivity index (χ1n) is 3.75. The van der Waals surface area contributed by atoms with E-state index in [1.807, 2.05) is 5.92 Å². The van der Waals surface area contributed by atoms with Gasteiger partial charge in [-0.25, -0.2) is 0 Å². The van der Waals surface area contributed by atoms with Crippen LogP contribution in [0.2, 0.25) is 0 Å². The maximum absolute atomic E-state index is 12.2. The predicted molar refractivity (Wildman–Crippen MR) is 45.6 cm³/mol. The molecule has 0 amide bonds. The normalized spacial score (nSPS) is 10.0. The number of rotatable bonds is 0. The fourth-order valence-electron chi connectivity index (χ4n) is 0.909. The quantitative estimate of drug-likeness (QED) is 0.669. The number of hydrogen-bond donors (Lipinski definition) is 1. The highest BCUT2D eigenvalue weighted by Gasteiger charge is 2.30. The summed E-state index contributed by atoms with van der Waals surface area (Å²) in [4.78, 5) is 0. The van der Waals surface area contributed by atoms with Crippen LogP contribution in [-0.4, -0.2) is 5.11 Å². The summed E-state index contributed by atoms with van der Waals surface area (Å²) < 4.78 is 36.5. The maximum atomic E-state index is 12.2. The first-order valence-corrected chi connectivity index (χ1v) is 3.75. The van der Waals surface area contributed by atoms with Gasteiger partial charge in [-0.1, -0.05) is 0 Å². The molecule has 0 aliphatic heterocycles. The van der Waals surface area contributed by atoms with E-state index >= 15 is 0 Å². The lowest BCUT2D eigenvalue weighted by atomic mass is 10.1. The molecular weight excluding hydrogens is 207 g/mol. The lowest BCUT2D eigenvalue weighted by molar-refractivity contribution is -0.137. The minimum Gasteiger partial charge on any atom is -0.507 e. The van der Waals surface area contributed by atoms with Gasteiger partial charge in [-0.2, -0.15) is 18.4 Å². The third-order valence-electron chi connectivity index (χ3n) is 1.58. The molecule has 5 heteroatoms.